The molecule has 0 aliphatic carbocycles. The van der Waals surface area contributed by atoms with E-state index in [0.29, 0.717) is 5.96 Å². The number of rotatable bonds is 1. The summed E-state index contributed by atoms with van der Waals surface area (Å²) in [5.41, 5.74) is 3.27. The molecule has 0 saturated heterocycles. The van der Waals surface area contributed by atoms with Crippen LogP contribution in [-0.2, 0) is 0 Å². The number of allylic oxidation sites excluding steroid dienone is 5. The lowest BCUT2D eigenvalue weighted by atomic mass is 10.0. The fraction of sp³-hybridized carbons (Fsp3) is 0. The van der Waals surface area contributed by atoms with Crippen LogP contribution in [0.4, 0.5) is 0 Å². The predicted octanol–water partition coefficient (Wildman–Crippen LogP) is 2.15. The summed E-state index contributed by atoms with van der Waals surface area (Å²) in [5.74, 6) is 0.716. The first kappa shape index (κ1) is 8.17. The highest BCUT2D eigenvalue weighted by Gasteiger charge is 2.26. The van der Waals surface area contributed by atoms with E-state index in [9.17, 15) is 0 Å². The second kappa shape index (κ2) is 2.92. The van der Waals surface area contributed by atoms with Crippen LogP contribution in [-0.4, -0.2) is 17.1 Å². The molecule has 3 heterocycles. The van der Waals surface area contributed by atoms with Crippen molar-refractivity contribution in [3.63, 3.8) is 0 Å². The van der Waals surface area contributed by atoms with E-state index in [1.807, 2.05) is 29.2 Å². The summed E-state index contributed by atoms with van der Waals surface area (Å²) in [5, 5.41) is 0. The van der Waals surface area contributed by atoms with Gasteiger partial charge < -0.3 is 0 Å². The normalized spacial score (nSPS) is 21.2. The molecule has 3 heteroatoms. The van der Waals surface area contributed by atoms with Crippen molar-refractivity contribution in [1.29, 1.82) is 0 Å². The summed E-state index contributed by atoms with van der Waals surface area (Å²) in [6, 6.07) is 0. The van der Waals surface area contributed by atoms with Gasteiger partial charge in [0, 0.05) is 12.4 Å². The third-order valence-corrected chi connectivity index (χ3v) is 2.51. The Kier molecular flexibility index (Phi) is 1.59. The van der Waals surface area contributed by atoms with Crippen molar-refractivity contribution in [3.8, 4) is 0 Å². The Morgan fingerprint density at radius 1 is 1.27 bits per heavy atom. The summed E-state index contributed by atoms with van der Waals surface area (Å²) in [4.78, 5) is 10.5. The van der Waals surface area contributed by atoms with E-state index in [0.717, 1.165) is 17.0 Å². The lowest BCUT2D eigenvalue weighted by Crippen LogP contribution is -2.33. The maximum absolute atomic E-state index is 4.22. The molecular formula is C12H9N3. The van der Waals surface area contributed by atoms with Crippen LogP contribution in [0.5, 0.6) is 0 Å². The molecule has 3 aliphatic rings. The number of nitrogens with zero attached hydrogens (tertiary/aromatic N) is 3. The number of guanidine groups is 1. The fourth-order valence-electron chi connectivity index (χ4n) is 1.80. The molecule has 0 aromatic heterocycles. The Hall–Kier alpha value is -2.16. The van der Waals surface area contributed by atoms with Crippen molar-refractivity contribution >= 4 is 12.2 Å². The van der Waals surface area contributed by atoms with E-state index >= 15 is 0 Å². The number of hydrogen-bond donors (Lipinski definition) is 0. The van der Waals surface area contributed by atoms with Crippen LogP contribution in [0.3, 0.4) is 0 Å². The predicted molar refractivity (Wildman–Crippen MR) is 61.4 cm³/mol. The second-order valence-electron chi connectivity index (χ2n) is 3.33. The fourth-order valence-corrected chi connectivity index (χ4v) is 1.80. The molecule has 72 valence electrons. The Labute approximate surface area is 87.8 Å². The van der Waals surface area contributed by atoms with Crippen LogP contribution in [0.2, 0.25) is 0 Å². The van der Waals surface area contributed by atoms with Gasteiger partial charge >= 0.3 is 0 Å². The van der Waals surface area contributed by atoms with Crippen LogP contribution in [0.25, 0.3) is 0 Å². The minimum Gasteiger partial charge on any atom is -0.278 e. The maximum Gasteiger partial charge on any atom is 0.234 e. The van der Waals surface area contributed by atoms with Crippen LogP contribution in [0, 0.1) is 0 Å². The van der Waals surface area contributed by atoms with E-state index in [-0.39, 0.29) is 0 Å². The van der Waals surface area contributed by atoms with Gasteiger partial charge in [-0.15, -0.1) is 0 Å². The zero-order chi connectivity index (χ0) is 10.3. The van der Waals surface area contributed by atoms with Crippen LogP contribution in [0.15, 0.2) is 70.1 Å². The molecule has 0 unspecified atom stereocenters. The maximum atomic E-state index is 4.22. The van der Waals surface area contributed by atoms with E-state index in [1.54, 1.807) is 12.4 Å². The van der Waals surface area contributed by atoms with Crippen molar-refractivity contribution in [2.45, 2.75) is 0 Å². The Bertz CT molecular complexity index is 513. The molecule has 15 heavy (non-hydrogen) atoms. The Morgan fingerprint density at radius 2 is 2.20 bits per heavy atom. The van der Waals surface area contributed by atoms with Gasteiger partial charge in [-0.05, 0) is 23.8 Å². The first-order valence-electron chi connectivity index (χ1n) is 4.74. The molecule has 3 nitrogen and oxygen atoms in total. The highest BCUT2D eigenvalue weighted by atomic mass is 15.3. The van der Waals surface area contributed by atoms with Crippen LogP contribution < -0.4 is 0 Å². The van der Waals surface area contributed by atoms with Gasteiger partial charge in [0.2, 0.25) is 5.96 Å². The Morgan fingerprint density at radius 3 is 3.07 bits per heavy atom. The van der Waals surface area contributed by atoms with Crippen LogP contribution in [0.1, 0.15) is 0 Å². The minimum atomic E-state index is 0.716. The molecule has 0 saturated carbocycles. The number of hydrogen-bond acceptors (Lipinski definition) is 3. The summed E-state index contributed by atoms with van der Waals surface area (Å²) in [6.45, 7) is 3.80. The molecule has 0 bridgehead atoms. The summed E-state index contributed by atoms with van der Waals surface area (Å²) >= 11 is 0. The molecule has 0 aromatic carbocycles. The van der Waals surface area contributed by atoms with Crippen LogP contribution >= 0.6 is 0 Å². The third-order valence-electron chi connectivity index (χ3n) is 2.51. The molecule has 0 amide bonds. The molecule has 0 fully saturated rings. The molecule has 3 aliphatic heterocycles. The van der Waals surface area contributed by atoms with E-state index in [1.165, 1.54) is 0 Å². The van der Waals surface area contributed by atoms with Gasteiger partial charge in [0.15, 0.2) is 0 Å². The van der Waals surface area contributed by atoms with E-state index in [2.05, 4.69) is 22.6 Å². The van der Waals surface area contributed by atoms with E-state index in [4.69, 9.17) is 0 Å². The second-order valence-corrected chi connectivity index (χ2v) is 3.33. The molecule has 0 spiro atoms. The first-order valence-corrected chi connectivity index (χ1v) is 4.74. The van der Waals surface area contributed by atoms with Crippen molar-refractivity contribution in [1.82, 2.24) is 4.90 Å². The quantitative estimate of drug-likeness (QED) is 0.630. The zero-order valence-corrected chi connectivity index (χ0v) is 8.09. The lowest BCUT2D eigenvalue weighted by molar-refractivity contribution is 0.638. The standard InChI is InChI=1S/C12H9N3/c1-2-9-3-4-10-5-7-13-12-14-8-6-11(9)15(10)12/h2-8H,1H2. The van der Waals surface area contributed by atoms with Gasteiger partial charge in [-0.25, -0.2) is 9.98 Å². The minimum absolute atomic E-state index is 0.716. The SMILES string of the molecule is C=CC1=CC=C2C=CN=C3N=CC=C1N23. The smallest absolute Gasteiger partial charge is 0.234 e. The van der Waals surface area contributed by atoms with Gasteiger partial charge in [0.05, 0.1) is 11.4 Å². The highest BCUT2D eigenvalue weighted by Crippen LogP contribution is 2.30. The molecule has 0 atom stereocenters. The summed E-state index contributed by atoms with van der Waals surface area (Å²) in [7, 11) is 0. The molecular weight excluding hydrogens is 186 g/mol. The molecule has 0 aromatic rings. The lowest BCUT2D eigenvalue weighted by Gasteiger charge is -2.33. The van der Waals surface area contributed by atoms with Crippen molar-refractivity contribution < 1.29 is 0 Å². The van der Waals surface area contributed by atoms with Crippen molar-refractivity contribution in [2.75, 3.05) is 0 Å². The topological polar surface area (TPSA) is 28.0 Å². The van der Waals surface area contributed by atoms with Gasteiger partial charge in [-0.2, -0.15) is 0 Å². The molecule has 0 N–H and O–H groups in total. The zero-order valence-electron chi connectivity index (χ0n) is 8.09. The molecule has 0 radical (unpaired) electrons. The highest BCUT2D eigenvalue weighted by molar-refractivity contribution is 5.99. The average molecular weight is 195 g/mol. The van der Waals surface area contributed by atoms with Crippen molar-refractivity contribution in [3.05, 3.63) is 60.1 Å². The first-order chi connectivity index (χ1) is 7.40. The summed E-state index contributed by atoms with van der Waals surface area (Å²) in [6.07, 6.45) is 13.4. The molecule has 3 rings (SSSR count). The average Bonchev–Trinajstić information content (AvgIpc) is 2.30. The van der Waals surface area contributed by atoms with Crippen molar-refractivity contribution in [2.24, 2.45) is 9.98 Å². The Balaban J connectivity index is 2.23. The largest absolute Gasteiger partial charge is 0.278 e. The third kappa shape index (κ3) is 1.06. The summed E-state index contributed by atoms with van der Waals surface area (Å²) < 4.78 is 0. The number of aliphatic imine (C=N–C) groups is 2. The van der Waals surface area contributed by atoms with E-state index < -0.39 is 0 Å². The van der Waals surface area contributed by atoms with Gasteiger partial charge in [-0.1, -0.05) is 18.7 Å². The van der Waals surface area contributed by atoms with Gasteiger partial charge in [0.1, 0.15) is 0 Å². The van der Waals surface area contributed by atoms with Gasteiger partial charge in [0.25, 0.3) is 0 Å². The van der Waals surface area contributed by atoms with Gasteiger partial charge in [-0.3, -0.25) is 4.90 Å². The monoisotopic (exact) mass is 195 g/mol.